The number of aliphatic hydroxyl groups is 6. The van der Waals surface area contributed by atoms with Crippen molar-refractivity contribution in [3.05, 3.63) is 0 Å². The van der Waals surface area contributed by atoms with Crippen molar-refractivity contribution in [2.75, 3.05) is 13.2 Å². The van der Waals surface area contributed by atoms with E-state index in [1.165, 1.54) is 122 Å². The van der Waals surface area contributed by atoms with Gasteiger partial charge < -0.3 is 45.4 Å². The van der Waals surface area contributed by atoms with E-state index in [-0.39, 0.29) is 18.9 Å². The third-order valence-electron chi connectivity index (χ3n) is 13.2. The second-order valence-corrected chi connectivity index (χ2v) is 18.6. The number of halogens is 1. The average Bonchev–Trinajstić information content (AvgIpc) is 3.17. The molecular formula is C46H86FNO9. The van der Waals surface area contributed by atoms with Crippen molar-refractivity contribution in [2.45, 2.75) is 267 Å². The van der Waals surface area contributed by atoms with Gasteiger partial charge in [0.1, 0.15) is 36.2 Å². The molecule has 0 aromatic heterocycles. The van der Waals surface area contributed by atoms with Gasteiger partial charge in [0.15, 0.2) is 6.29 Å². The number of alkyl halides is 1. The molecule has 0 aromatic rings. The maximum Gasteiger partial charge on any atom is 0.220 e. The number of rotatable bonds is 37. The lowest BCUT2D eigenvalue weighted by atomic mass is 9.41. The molecule has 4 aliphatic rings. The first-order chi connectivity index (χ1) is 27.5. The number of hydrogen-bond acceptors (Lipinski definition) is 9. The van der Waals surface area contributed by atoms with Crippen molar-refractivity contribution in [1.82, 2.24) is 5.32 Å². The van der Waals surface area contributed by atoms with E-state index in [1.807, 2.05) is 0 Å². The Hall–Kier alpha value is -0.920. The summed E-state index contributed by atoms with van der Waals surface area (Å²) in [5.74, 6) is -0.265. The Labute approximate surface area is 345 Å². The van der Waals surface area contributed by atoms with Crippen LogP contribution >= 0.6 is 0 Å². The van der Waals surface area contributed by atoms with Crippen molar-refractivity contribution in [3.63, 3.8) is 0 Å². The number of hydrogen-bond donors (Lipinski definition) is 7. The third kappa shape index (κ3) is 19.1. The normalized spacial score (nSPS) is 28.4. The third-order valence-corrected chi connectivity index (χ3v) is 13.2. The zero-order chi connectivity index (χ0) is 41.4. The van der Waals surface area contributed by atoms with Crippen LogP contribution in [0.15, 0.2) is 0 Å². The Kier molecular flexibility index (Phi) is 25.3. The fraction of sp³-hybridized carbons (Fsp3) is 0.978. The largest absolute Gasteiger partial charge is 0.394 e. The van der Waals surface area contributed by atoms with Crippen LogP contribution < -0.4 is 5.32 Å². The molecule has 11 heteroatoms. The van der Waals surface area contributed by atoms with Crippen LogP contribution in [0.1, 0.15) is 212 Å². The molecule has 336 valence electrons. The monoisotopic (exact) mass is 816 g/mol. The molecular weight excluding hydrogens is 730 g/mol. The summed E-state index contributed by atoms with van der Waals surface area (Å²) in [6.45, 7) is 1.33. The minimum absolute atomic E-state index is 0.265. The van der Waals surface area contributed by atoms with Gasteiger partial charge >= 0.3 is 0 Å². The summed E-state index contributed by atoms with van der Waals surface area (Å²) in [5.41, 5.74) is -0.342. The number of carbonyl (C=O) groups is 1. The van der Waals surface area contributed by atoms with E-state index < -0.39 is 61.2 Å². The molecule has 4 fully saturated rings. The highest BCUT2D eigenvalue weighted by molar-refractivity contribution is 5.76. The molecule has 7 N–H and O–H groups in total. The van der Waals surface area contributed by atoms with Gasteiger partial charge in [-0.25, -0.2) is 4.39 Å². The summed E-state index contributed by atoms with van der Waals surface area (Å²) in [6, 6.07) is -0.995. The Morgan fingerprint density at radius 2 is 1.14 bits per heavy atom. The van der Waals surface area contributed by atoms with E-state index in [9.17, 15) is 39.8 Å². The van der Waals surface area contributed by atoms with Crippen LogP contribution in [-0.4, -0.2) is 104 Å². The Morgan fingerprint density at radius 1 is 0.684 bits per heavy atom. The molecule has 8 atom stereocenters. The summed E-state index contributed by atoms with van der Waals surface area (Å²) in [4.78, 5) is 13.0. The van der Waals surface area contributed by atoms with Gasteiger partial charge in [-0.05, 0) is 43.9 Å². The summed E-state index contributed by atoms with van der Waals surface area (Å²) in [6.07, 6.45) is 25.7. The smallest absolute Gasteiger partial charge is 0.220 e. The first-order valence-corrected chi connectivity index (χ1v) is 23.8. The number of nitrogens with one attached hydrogen (secondary N) is 1. The highest BCUT2D eigenvalue weighted by Gasteiger charge is 2.68. The zero-order valence-corrected chi connectivity index (χ0v) is 35.9. The molecule has 57 heavy (non-hydrogen) atoms. The molecule has 0 unspecified atom stereocenters. The van der Waals surface area contributed by atoms with Gasteiger partial charge in [0, 0.05) is 6.42 Å². The van der Waals surface area contributed by atoms with Crippen molar-refractivity contribution in [3.8, 4) is 0 Å². The van der Waals surface area contributed by atoms with Crippen LogP contribution in [0.4, 0.5) is 4.39 Å². The number of ether oxygens (including phenoxy) is 2. The first-order valence-electron chi connectivity index (χ1n) is 23.8. The predicted octanol–water partition coefficient (Wildman–Crippen LogP) is 8.23. The standard InChI is InChI=1S/C46H86FNO9/c1-2-3-4-5-6-7-8-13-16-19-22-25-28-37(50)40(52)36(32-56-44-43(55)42(54)41(53)38(31-49)57-44)48-39(51)29-26-23-20-17-14-11-9-10-12-15-18-21-24-27-30-45-33-46(47,34-45)35-45/h36-38,40-44,49-50,52-55H,2-35H2,1H3,(H,48,51)/t36-,37+,38+,40-,41-,42-,43+,44-,45?,46?/m0/s1. The molecule has 1 saturated heterocycles. The summed E-state index contributed by atoms with van der Waals surface area (Å²) in [5, 5.41) is 65.1. The van der Waals surface area contributed by atoms with E-state index >= 15 is 0 Å². The second kappa shape index (κ2) is 28.6. The molecule has 1 heterocycles. The lowest BCUT2D eigenvalue weighted by Gasteiger charge is -2.66. The summed E-state index contributed by atoms with van der Waals surface area (Å²) >= 11 is 0. The first kappa shape index (κ1) is 50.4. The molecule has 1 aliphatic heterocycles. The van der Waals surface area contributed by atoms with E-state index in [2.05, 4.69) is 12.2 Å². The number of carbonyl (C=O) groups excluding carboxylic acids is 1. The fourth-order valence-corrected chi connectivity index (χ4v) is 9.57. The minimum atomic E-state index is -1.61. The van der Waals surface area contributed by atoms with Gasteiger partial charge in [0.2, 0.25) is 5.91 Å². The molecule has 0 radical (unpaired) electrons. The van der Waals surface area contributed by atoms with Crippen molar-refractivity contribution >= 4 is 5.91 Å². The van der Waals surface area contributed by atoms with Crippen molar-refractivity contribution in [2.24, 2.45) is 5.41 Å². The van der Waals surface area contributed by atoms with Crippen molar-refractivity contribution < 1.29 is 49.3 Å². The van der Waals surface area contributed by atoms with Crippen LogP contribution in [0.3, 0.4) is 0 Å². The second-order valence-electron chi connectivity index (χ2n) is 18.6. The van der Waals surface area contributed by atoms with Gasteiger partial charge in [0.25, 0.3) is 0 Å². The van der Waals surface area contributed by atoms with Crippen LogP contribution in [0, 0.1) is 5.41 Å². The van der Waals surface area contributed by atoms with Crippen molar-refractivity contribution in [1.29, 1.82) is 0 Å². The van der Waals surface area contributed by atoms with E-state index in [0.717, 1.165) is 64.2 Å². The molecule has 0 spiro atoms. The fourth-order valence-electron chi connectivity index (χ4n) is 9.57. The van der Waals surface area contributed by atoms with E-state index in [0.29, 0.717) is 18.3 Å². The molecule has 2 bridgehead atoms. The van der Waals surface area contributed by atoms with Gasteiger partial charge in [-0.1, -0.05) is 167 Å². The highest BCUT2D eigenvalue weighted by atomic mass is 19.1. The Morgan fingerprint density at radius 3 is 1.61 bits per heavy atom. The zero-order valence-electron chi connectivity index (χ0n) is 35.9. The number of unbranched alkanes of at least 4 members (excludes halogenated alkanes) is 24. The quantitative estimate of drug-likeness (QED) is 0.0306. The molecule has 1 amide bonds. The van der Waals surface area contributed by atoms with Gasteiger partial charge in [-0.3, -0.25) is 4.79 Å². The molecule has 4 rings (SSSR count). The molecule has 10 nitrogen and oxygen atoms in total. The lowest BCUT2D eigenvalue weighted by Crippen LogP contribution is -2.64. The molecule has 0 aromatic carbocycles. The molecule has 3 aliphatic carbocycles. The molecule has 3 saturated carbocycles. The SMILES string of the molecule is CCCCCCCCCCCCCC[C@@H](O)[C@@H](O)[C@H](CO[C@H]1O[C@H](CO)[C@H](O)[C@H](O)[C@H]1O)NC(=O)CCCCCCCCCCCCCCCCC12CC(F)(C1)C2. The maximum absolute atomic E-state index is 13.6. The van der Waals surface area contributed by atoms with Gasteiger partial charge in [0.05, 0.1) is 25.4 Å². The predicted molar refractivity (Wildman–Crippen MR) is 223 cm³/mol. The Bertz CT molecular complexity index is 1020. The van der Waals surface area contributed by atoms with Crippen LogP contribution in [0.5, 0.6) is 0 Å². The van der Waals surface area contributed by atoms with E-state index in [1.54, 1.807) is 0 Å². The average molecular weight is 816 g/mol. The van der Waals surface area contributed by atoms with Crippen LogP contribution in [0.2, 0.25) is 0 Å². The van der Waals surface area contributed by atoms with E-state index in [4.69, 9.17) is 9.47 Å². The van der Waals surface area contributed by atoms with Crippen LogP contribution in [0.25, 0.3) is 0 Å². The van der Waals surface area contributed by atoms with Gasteiger partial charge in [-0.15, -0.1) is 0 Å². The highest BCUT2D eigenvalue weighted by Crippen LogP contribution is 2.71. The number of amides is 1. The number of aliphatic hydroxyl groups excluding tert-OH is 6. The van der Waals surface area contributed by atoms with Gasteiger partial charge in [-0.2, -0.15) is 0 Å². The topological polar surface area (TPSA) is 169 Å². The summed E-state index contributed by atoms with van der Waals surface area (Å²) in [7, 11) is 0. The van der Waals surface area contributed by atoms with Crippen LogP contribution in [-0.2, 0) is 14.3 Å². The Balaban J connectivity index is 1.25. The maximum atomic E-state index is 13.6. The summed E-state index contributed by atoms with van der Waals surface area (Å²) < 4.78 is 24.8. The minimum Gasteiger partial charge on any atom is -0.394 e. The lowest BCUT2D eigenvalue weighted by molar-refractivity contribution is -0.303.